The van der Waals surface area contributed by atoms with E-state index in [9.17, 15) is 14.4 Å². The average Bonchev–Trinajstić information content (AvgIpc) is 2.73. The third kappa shape index (κ3) is 3.34. The zero-order valence-electron chi connectivity index (χ0n) is 15.5. The Balaban J connectivity index is 1.72. The highest BCUT2D eigenvalue weighted by molar-refractivity contribution is 6.06. The molecule has 0 fully saturated rings. The fourth-order valence-electron chi connectivity index (χ4n) is 3.32. The molecule has 0 aliphatic carbocycles. The summed E-state index contributed by atoms with van der Waals surface area (Å²) < 4.78 is 0. The van der Waals surface area contributed by atoms with E-state index in [0.29, 0.717) is 28.5 Å². The van der Waals surface area contributed by atoms with Crippen LogP contribution in [0.5, 0.6) is 0 Å². The molecule has 0 aliphatic heterocycles. The van der Waals surface area contributed by atoms with Crippen LogP contribution in [-0.2, 0) is 6.54 Å². The normalized spacial score (nSPS) is 10.9. The molecule has 7 nitrogen and oxygen atoms in total. The fourth-order valence-corrected chi connectivity index (χ4v) is 3.32. The number of H-pyrrole nitrogens is 1. The minimum Gasteiger partial charge on any atom is -0.477 e. The quantitative estimate of drug-likeness (QED) is 0.524. The molecule has 2 heterocycles. The number of hydrogen-bond donors (Lipinski definition) is 2. The summed E-state index contributed by atoms with van der Waals surface area (Å²) in [6.45, 7) is 0.473. The largest absolute Gasteiger partial charge is 0.477 e. The minimum absolute atomic E-state index is 0.168. The summed E-state index contributed by atoms with van der Waals surface area (Å²) in [5.41, 5.74) is 1.49. The third-order valence-electron chi connectivity index (χ3n) is 4.79. The molecule has 144 valence electrons. The maximum absolute atomic E-state index is 12.8. The molecule has 0 radical (unpaired) electrons. The number of fused-ring (bicyclic) bond motifs is 3. The second-order valence-corrected chi connectivity index (χ2v) is 6.77. The van der Waals surface area contributed by atoms with Gasteiger partial charge in [-0.05, 0) is 17.7 Å². The standard InChI is InChI=1S/C22H17N3O4/c1-25(12-13-5-3-2-4-6-13)21(27)15-9-14-7-8-16-19(18(14)23-10-15)24-11-17(20(16)26)22(28)29/h2-11H,12H2,1H3,(H,24,26)(H,28,29). The Bertz CT molecular complexity index is 1310. The van der Waals surface area contributed by atoms with Crippen LogP contribution in [0.25, 0.3) is 21.8 Å². The van der Waals surface area contributed by atoms with Gasteiger partial charge < -0.3 is 15.0 Å². The lowest BCUT2D eigenvalue weighted by atomic mass is 10.1. The Morgan fingerprint density at radius 2 is 1.90 bits per heavy atom. The molecule has 4 rings (SSSR count). The summed E-state index contributed by atoms with van der Waals surface area (Å²) in [4.78, 5) is 45.2. The Kier molecular flexibility index (Phi) is 4.56. The molecule has 0 unspecified atom stereocenters. The Morgan fingerprint density at radius 1 is 1.14 bits per heavy atom. The summed E-state index contributed by atoms with van der Waals surface area (Å²) in [5.74, 6) is -1.46. The van der Waals surface area contributed by atoms with Gasteiger partial charge in [-0.15, -0.1) is 0 Å². The monoisotopic (exact) mass is 387 g/mol. The zero-order valence-corrected chi connectivity index (χ0v) is 15.5. The summed E-state index contributed by atoms with van der Waals surface area (Å²) in [6, 6.07) is 14.6. The van der Waals surface area contributed by atoms with Gasteiger partial charge in [0.25, 0.3) is 5.91 Å². The van der Waals surface area contributed by atoms with Crippen molar-refractivity contribution in [1.29, 1.82) is 0 Å². The van der Waals surface area contributed by atoms with E-state index in [4.69, 9.17) is 5.11 Å². The van der Waals surface area contributed by atoms with E-state index in [0.717, 1.165) is 5.56 Å². The molecule has 0 atom stereocenters. The molecule has 2 aromatic heterocycles. The first-order valence-corrected chi connectivity index (χ1v) is 8.92. The first-order chi connectivity index (χ1) is 14.0. The number of benzene rings is 2. The highest BCUT2D eigenvalue weighted by Crippen LogP contribution is 2.22. The van der Waals surface area contributed by atoms with Crippen LogP contribution >= 0.6 is 0 Å². The van der Waals surface area contributed by atoms with E-state index in [1.54, 1.807) is 30.1 Å². The van der Waals surface area contributed by atoms with E-state index in [2.05, 4.69) is 9.97 Å². The number of aromatic nitrogens is 2. The maximum atomic E-state index is 12.8. The molecule has 0 bridgehead atoms. The average molecular weight is 387 g/mol. The lowest BCUT2D eigenvalue weighted by molar-refractivity contribution is 0.0694. The fraction of sp³-hybridized carbons (Fsp3) is 0.0909. The zero-order chi connectivity index (χ0) is 20.5. The molecule has 4 aromatic rings. The number of carboxylic acid groups (broad SMARTS) is 1. The Morgan fingerprint density at radius 3 is 2.62 bits per heavy atom. The maximum Gasteiger partial charge on any atom is 0.341 e. The van der Waals surface area contributed by atoms with E-state index in [-0.39, 0.29) is 16.9 Å². The Labute approximate surface area is 165 Å². The number of amides is 1. The summed E-state index contributed by atoms with van der Waals surface area (Å²) >= 11 is 0. The molecule has 0 spiro atoms. The van der Waals surface area contributed by atoms with Gasteiger partial charge in [-0.25, -0.2) is 4.79 Å². The molecule has 29 heavy (non-hydrogen) atoms. The van der Waals surface area contributed by atoms with Crippen LogP contribution in [-0.4, -0.2) is 38.9 Å². The van der Waals surface area contributed by atoms with Gasteiger partial charge in [-0.1, -0.05) is 36.4 Å². The van der Waals surface area contributed by atoms with Gasteiger partial charge in [0, 0.05) is 36.8 Å². The predicted molar refractivity (Wildman–Crippen MR) is 109 cm³/mol. The van der Waals surface area contributed by atoms with Gasteiger partial charge >= 0.3 is 5.97 Å². The first-order valence-electron chi connectivity index (χ1n) is 8.92. The van der Waals surface area contributed by atoms with Crippen molar-refractivity contribution in [1.82, 2.24) is 14.9 Å². The number of rotatable bonds is 4. The van der Waals surface area contributed by atoms with Gasteiger partial charge in [0.05, 0.1) is 16.6 Å². The van der Waals surface area contributed by atoms with Crippen molar-refractivity contribution >= 4 is 33.7 Å². The number of nitrogens with zero attached hydrogens (tertiary/aromatic N) is 2. The molecule has 0 aliphatic rings. The number of aromatic carboxylic acids is 1. The lowest BCUT2D eigenvalue weighted by Crippen LogP contribution is -2.26. The summed E-state index contributed by atoms with van der Waals surface area (Å²) in [7, 11) is 1.73. The SMILES string of the molecule is CN(Cc1ccccc1)C(=O)c1cnc2c(ccc3c(=O)c(C(=O)O)c[nH]c32)c1. The van der Waals surface area contributed by atoms with Crippen molar-refractivity contribution in [2.24, 2.45) is 0 Å². The van der Waals surface area contributed by atoms with Crippen molar-refractivity contribution in [2.75, 3.05) is 7.05 Å². The van der Waals surface area contributed by atoms with Crippen LogP contribution in [0.4, 0.5) is 0 Å². The van der Waals surface area contributed by atoms with Crippen LogP contribution in [0.3, 0.4) is 0 Å². The number of pyridine rings is 2. The van der Waals surface area contributed by atoms with E-state index in [1.807, 2.05) is 30.3 Å². The van der Waals surface area contributed by atoms with Crippen LogP contribution in [0.1, 0.15) is 26.3 Å². The van der Waals surface area contributed by atoms with Gasteiger partial charge in [-0.3, -0.25) is 14.6 Å². The van der Waals surface area contributed by atoms with Crippen LogP contribution in [0, 0.1) is 0 Å². The van der Waals surface area contributed by atoms with Crippen LogP contribution < -0.4 is 5.43 Å². The number of carbonyl (C=O) groups excluding carboxylic acids is 1. The van der Waals surface area contributed by atoms with Crippen molar-refractivity contribution in [3.63, 3.8) is 0 Å². The van der Waals surface area contributed by atoms with Crippen molar-refractivity contribution in [3.05, 3.63) is 87.8 Å². The number of carboxylic acids is 1. The summed E-state index contributed by atoms with van der Waals surface area (Å²) in [5, 5.41) is 10.0. The van der Waals surface area contributed by atoms with E-state index < -0.39 is 11.4 Å². The molecule has 0 saturated carbocycles. The minimum atomic E-state index is -1.29. The van der Waals surface area contributed by atoms with Gasteiger partial charge in [0.1, 0.15) is 5.56 Å². The second-order valence-electron chi connectivity index (χ2n) is 6.77. The molecule has 2 aromatic carbocycles. The number of hydrogen-bond acceptors (Lipinski definition) is 4. The van der Waals surface area contributed by atoms with Gasteiger partial charge in [-0.2, -0.15) is 0 Å². The highest BCUT2D eigenvalue weighted by Gasteiger charge is 2.16. The molecule has 1 amide bonds. The molecule has 7 heteroatoms. The highest BCUT2D eigenvalue weighted by atomic mass is 16.4. The van der Waals surface area contributed by atoms with Crippen molar-refractivity contribution in [2.45, 2.75) is 6.54 Å². The van der Waals surface area contributed by atoms with Gasteiger partial charge in [0.2, 0.25) is 5.43 Å². The third-order valence-corrected chi connectivity index (χ3v) is 4.79. The van der Waals surface area contributed by atoms with Gasteiger partial charge in [0.15, 0.2) is 0 Å². The molecular weight excluding hydrogens is 370 g/mol. The number of nitrogens with one attached hydrogen (secondary N) is 1. The molecule has 2 N–H and O–H groups in total. The van der Waals surface area contributed by atoms with Crippen molar-refractivity contribution < 1.29 is 14.7 Å². The first kappa shape index (κ1) is 18.4. The predicted octanol–water partition coefficient (Wildman–Crippen LogP) is 3.05. The van der Waals surface area contributed by atoms with E-state index >= 15 is 0 Å². The number of aromatic amines is 1. The van der Waals surface area contributed by atoms with Crippen LogP contribution in [0.15, 0.2) is 65.7 Å². The van der Waals surface area contributed by atoms with Crippen LogP contribution in [0.2, 0.25) is 0 Å². The second kappa shape index (κ2) is 7.20. The summed E-state index contributed by atoms with van der Waals surface area (Å²) in [6.07, 6.45) is 2.63. The lowest BCUT2D eigenvalue weighted by Gasteiger charge is -2.17. The van der Waals surface area contributed by atoms with Crippen molar-refractivity contribution in [3.8, 4) is 0 Å². The smallest absolute Gasteiger partial charge is 0.341 e. The molecular formula is C22H17N3O4. The number of carbonyl (C=O) groups is 2. The van der Waals surface area contributed by atoms with E-state index in [1.165, 1.54) is 12.4 Å². The topological polar surface area (TPSA) is 103 Å². The Hall–Kier alpha value is -4.00. The molecule has 0 saturated heterocycles.